The number of carbonyl (C=O) groups excluding carboxylic acids is 1. The third kappa shape index (κ3) is 4.37. The van der Waals surface area contributed by atoms with E-state index >= 15 is 0 Å². The molecule has 3 aromatic rings. The van der Waals surface area contributed by atoms with Gasteiger partial charge in [-0.2, -0.15) is 0 Å². The Morgan fingerprint density at radius 1 is 1.18 bits per heavy atom. The van der Waals surface area contributed by atoms with Gasteiger partial charge in [0, 0.05) is 40.3 Å². The second-order valence-corrected chi connectivity index (χ2v) is 6.17. The molecule has 0 fully saturated rings. The fourth-order valence-corrected chi connectivity index (χ4v) is 2.80. The van der Waals surface area contributed by atoms with Crippen LogP contribution in [0.5, 0.6) is 11.5 Å². The molecule has 1 amide bonds. The van der Waals surface area contributed by atoms with Crippen LogP contribution in [0, 0.1) is 6.92 Å². The highest BCUT2D eigenvalue weighted by Crippen LogP contribution is 2.25. The van der Waals surface area contributed by atoms with E-state index in [4.69, 9.17) is 9.47 Å². The largest absolute Gasteiger partial charge is 0.497 e. The average Bonchev–Trinajstić information content (AvgIpc) is 2.68. The molecule has 2 N–H and O–H groups in total. The maximum Gasteiger partial charge on any atom is 0.417 e. The predicted molar refractivity (Wildman–Crippen MR) is 107 cm³/mol. The smallest absolute Gasteiger partial charge is 0.417 e. The summed E-state index contributed by atoms with van der Waals surface area (Å²) < 4.78 is 10.5. The molecular formula is C21H21N3O4. The summed E-state index contributed by atoms with van der Waals surface area (Å²) in [6, 6.07) is 10.5. The van der Waals surface area contributed by atoms with Crippen molar-refractivity contribution in [2.75, 3.05) is 12.4 Å². The van der Waals surface area contributed by atoms with Crippen LogP contribution in [0.3, 0.4) is 0 Å². The number of methoxy groups -OCH3 is 1. The maximum absolute atomic E-state index is 12.2. The summed E-state index contributed by atoms with van der Waals surface area (Å²) in [5, 5.41) is 2.65. The highest BCUT2D eigenvalue weighted by atomic mass is 16.6. The van der Waals surface area contributed by atoms with Crippen LogP contribution in [0.15, 0.2) is 53.6 Å². The summed E-state index contributed by atoms with van der Waals surface area (Å²) in [6.07, 6.45) is 3.10. The van der Waals surface area contributed by atoms with Crippen molar-refractivity contribution in [1.29, 1.82) is 0 Å². The number of carbonyl (C=O) groups is 1. The number of hydrogen-bond acceptors (Lipinski definition) is 5. The minimum absolute atomic E-state index is 0.0956. The summed E-state index contributed by atoms with van der Waals surface area (Å²) >= 11 is 0. The Morgan fingerprint density at radius 2 is 2.00 bits per heavy atom. The minimum atomic E-state index is -0.639. The summed E-state index contributed by atoms with van der Waals surface area (Å²) in [5.41, 5.74) is 3.45. The van der Waals surface area contributed by atoms with Gasteiger partial charge < -0.3 is 14.5 Å². The Bertz CT molecular complexity index is 1060. The number of benzene rings is 1. The Labute approximate surface area is 162 Å². The standard InChI is InChI=1S/C21H21N3O4/c1-4-14-9-19(13(2)23-20(14)25)15-8-18(12-22-11-15)28-21(26)24-16-6-5-7-17(10-16)27-3/h5-12H,4H2,1-3H3,(H,23,25)(H,24,26). The van der Waals surface area contributed by atoms with E-state index < -0.39 is 6.09 Å². The van der Waals surface area contributed by atoms with Crippen molar-refractivity contribution < 1.29 is 14.3 Å². The van der Waals surface area contributed by atoms with E-state index in [9.17, 15) is 9.59 Å². The predicted octanol–water partition coefficient (Wildman–Crippen LogP) is 3.93. The van der Waals surface area contributed by atoms with E-state index in [1.807, 2.05) is 19.9 Å². The van der Waals surface area contributed by atoms with E-state index in [0.717, 1.165) is 16.8 Å². The van der Waals surface area contributed by atoms with E-state index in [-0.39, 0.29) is 5.56 Å². The number of hydrogen-bond donors (Lipinski definition) is 2. The summed E-state index contributed by atoms with van der Waals surface area (Å²) in [7, 11) is 1.55. The fraction of sp³-hybridized carbons (Fsp3) is 0.190. The Morgan fingerprint density at radius 3 is 2.75 bits per heavy atom. The molecule has 0 aliphatic heterocycles. The van der Waals surface area contributed by atoms with Crippen LogP contribution in [0.2, 0.25) is 0 Å². The lowest BCUT2D eigenvalue weighted by Crippen LogP contribution is -2.17. The average molecular weight is 379 g/mol. The number of aromatic amines is 1. The van der Waals surface area contributed by atoms with Gasteiger partial charge in [-0.05, 0) is 37.6 Å². The molecule has 2 heterocycles. The molecule has 0 bridgehead atoms. The van der Waals surface area contributed by atoms with Crippen molar-refractivity contribution in [3.8, 4) is 22.6 Å². The first-order chi connectivity index (χ1) is 13.5. The molecule has 1 aromatic carbocycles. The number of ether oxygens (including phenoxy) is 2. The minimum Gasteiger partial charge on any atom is -0.497 e. The van der Waals surface area contributed by atoms with Gasteiger partial charge in [-0.15, -0.1) is 0 Å². The van der Waals surface area contributed by atoms with Gasteiger partial charge in [0.2, 0.25) is 0 Å². The molecule has 7 nitrogen and oxygen atoms in total. The molecule has 0 spiro atoms. The lowest BCUT2D eigenvalue weighted by Gasteiger charge is -2.10. The number of pyridine rings is 2. The molecule has 2 aromatic heterocycles. The van der Waals surface area contributed by atoms with E-state index in [1.54, 1.807) is 43.6 Å². The van der Waals surface area contributed by atoms with Crippen LogP contribution in [0.25, 0.3) is 11.1 Å². The van der Waals surface area contributed by atoms with Crippen molar-refractivity contribution in [1.82, 2.24) is 9.97 Å². The van der Waals surface area contributed by atoms with Gasteiger partial charge >= 0.3 is 6.09 Å². The zero-order valence-corrected chi connectivity index (χ0v) is 15.9. The van der Waals surface area contributed by atoms with Crippen LogP contribution in [0.4, 0.5) is 10.5 Å². The number of nitrogens with one attached hydrogen (secondary N) is 2. The zero-order valence-electron chi connectivity index (χ0n) is 15.9. The molecule has 0 radical (unpaired) electrons. The van der Waals surface area contributed by atoms with E-state index in [2.05, 4.69) is 15.3 Å². The Balaban J connectivity index is 1.80. The van der Waals surface area contributed by atoms with Crippen LogP contribution in [-0.4, -0.2) is 23.2 Å². The van der Waals surface area contributed by atoms with Crippen LogP contribution < -0.4 is 20.3 Å². The molecular weight excluding hydrogens is 358 g/mol. The van der Waals surface area contributed by atoms with E-state index in [0.29, 0.717) is 29.2 Å². The van der Waals surface area contributed by atoms with Crippen molar-refractivity contribution in [2.24, 2.45) is 0 Å². The van der Waals surface area contributed by atoms with Gasteiger partial charge in [0.05, 0.1) is 13.3 Å². The molecule has 28 heavy (non-hydrogen) atoms. The van der Waals surface area contributed by atoms with E-state index in [1.165, 1.54) is 6.20 Å². The van der Waals surface area contributed by atoms with Crippen LogP contribution in [0.1, 0.15) is 18.2 Å². The van der Waals surface area contributed by atoms with Gasteiger partial charge in [0.25, 0.3) is 5.56 Å². The first kappa shape index (κ1) is 19.2. The lowest BCUT2D eigenvalue weighted by molar-refractivity contribution is 0.215. The van der Waals surface area contributed by atoms with Crippen molar-refractivity contribution in [3.05, 3.63) is 70.4 Å². The third-order valence-corrected chi connectivity index (χ3v) is 4.25. The number of aryl methyl sites for hydroxylation is 2. The fourth-order valence-electron chi connectivity index (χ4n) is 2.80. The van der Waals surface area contributed by atoms with Gasteiger partial charge in [-0.25, -0.2) is 4.79 Å². The highest BCUT2D eigenvalue weighted by molar-refractivity contribution is 5.86. The summed E-state index contributed by atoms with van der Waals surface area (Å²) in [4.78, 5) is 31.1. The SMILES string of the molecule is CCc1cc(-c2cncc(OC(=O)Nc3cccc(OC)c3)c2)c(C)[nH]c1=O. The first-order valence-corrected chi connectivity index (χ1v) is 8.81. The summed E-state index contributed by atoms with van der Waals surface area (Å²) in [5.74, 6) is 0.920. The summed E-state index contributed by atoms with van der Waals surface area (Å²) in [6.45, 7) is 3.74. The molecule has 0 saturated carbocycles. The second kappa shape index (κ2) is 8.39. The van der Waals surface area contributed by atoms with Gasteiger partial charge in [0.15, 0.2) is 5.75 Å². The molecule has 7 heteroatoms. The van der Waals surface area contributed by atoms with Crippen molar-refractivity contribution >= 4 is 11.8 Å². The first-order valence-electron chi connectivity index (χ1n) is 8.81. The maximum atomic E-state index is 12.2. The normalized spacial score (nSPS) is 10.4. The Hall–Kier alpha value is -3.61. The molecule has 0 saturated heterocycles. The molecule has 0 atom stereocenters. The molecule has 3 rings (SSSR count). The zero-order chi connectivity index (χ0) is 20.1. The Kier molecular flexibility index (Phi) is 5.74. The topological polar surface area (TPSA) is 93.3 Å². The van der Waals surface area contributed by atoms with Gasteiger partial charge in [-0.3, -0.25) is 15.1 Å². The van der Waals surface area contributed by atoms with Crippen molar-refractivity contribution in [3.63, 3.8) is 0 Å². The third-order valence-electron chi connectivity index (χ3n) is 4.25. The molecule has 0 aliphatic rings. The van der Waals surface area contributed by atoms with Crippen LogP contribution in [-0.2, 0) is 6.42 Å². The number of amides is 1. The van der Waals surface area contributed by atoms with Crippen LogP contribution >= 0.6 is 0 Å². The molecule has 144 valence electrons. The van der Waals surface area contributed by atoms with Crippen molar-refractivity contribution in [2.45, 2.75) is 20.3 Å². The second-order valence-electron chi connectivity index (χ2n) is 6.17. The number of rotatable bonds is 5. The highest BCUT2D eigenvalue weighted by Gasteiger charge is 2.11. The number of H-pyrrole nitrogens is 1. The number of aromatic nitrogens is 2. The van der Waals surface area contributed by atoms with Gasteiger partial charge in [0.1, 0.15) is 5.75 Å². The molecule has 0 aliphatic carbocycles. The quantitative estimate of drug-likeness (QED) is 0.701. The number of anilines is 1. The molecule has 0 unspecified atom stereocenters. The number of nitrogens with zero attached hydrogens (tertiary/aromatic N) is 1. The monoisotopic (exact) mass is 379 g/mol. The lowest BCUT2D eigenvalue weighted by atomic mass is 10.0. The van der Waals surface area contributed by atoms with Gasteiger partial charge in [-0.1, -0.05) is 13.0 Å².